The number of nitrogens with zero attached hydrogens (tertiary/aromatic N) is 1. The van der Waals surface area contributed by atoms with Crippen molar-refractivity contribution in [1.82, 2.24) is 4.90 Å². The standard InChI is InChI=1S/C25H37NO7/c1-29-12-23-7-6-18(31-3)25-15-9-14-5-8-24(28,19(15)20(14)33-13-30-2)16(10-17(23)25)21(25)26(11-23)22(27)32-4/h5,8,14-21,28H,6-7,9-13H2,1-4H3/t14-,15?,16-,17+,18?,19-,20-,21?,23?,24-,25?/m0/s1. The lowest BCUT2D eigenvalue weighted by molar-refractivity contribution is -0.260. The minimum Gasteiger partial charge on any atom is -0.453 e. The Labute approximate surface area is 195 Å². The second-order valence-electron chi connectivity index (χ2n) is 11.3. The maximum absolute atomic E-state index is 13.2. The van der Waals surface area contributed by atoms with Gasteiger partial charge in [-0.1, -0.05) is 12.2 Å². The van der Waals surface area contributed by atoms with Crippen molar-refractivity contribution in [2.24, 2.45) is 40.4 Å². The van der Waals surface area contributed by atoms with Gasteiger partial charge in [0.2, 0.25) is 0 Å². The Morgan fingerprint density at radius 3 is 2.67 bits per heavy atom. The second kappa shape index (κ2) is 7.40. The molecule has 1 N–H and O–H groups in total. The molecular weight excluding hydrogens is 426 g/mol. The Morgan fingerprint density at radius 2 is 1.97 bits per heavy atom. The van der Waals surface area contributed by atoms with Gasteiger partial charge in [0.1, 0.15) is 6.79 Å². The maximum atomic E-state index is 13.2. The third-order valence-electron chi connectivity index (χ3n) is 10.6. The van der Waals surface area contributed by atoms with E-state index >= 15 is 0 Å². The molecule has 1 aliphatic heterocycles. The number of hydrogen-bond acceptors (Lipinski definition) is 7. The first-order valence-electron chi connectivity index (χ1n) is 12.3. The highest BCUT2D eigenvalue weighted by molar-refractivity contribution is 5.69. The lowest BCUT2D eigenvalue weighted by Gasteiger charge is -2.68. The van der Waals surface area contributed by atoms with Crippen LogP contribution in [0, 0.1) is 40.4 Å². The summed E-state index contributed by atoms with van der Waals surface area (Å²) in [5, 5.41) is 12.4. The molecule has 0 aromatic rings. The fraction of sp³-hybridized carbons (Fsp3) is 0.880. The van der Waals surface area contributed by atoms with Gasteiger partial charge in [-0.25, -0.2) is 4.79 Å². The zero-order chi connectivity index (χ0) is 23.2. The molecule has 11 atom stereocenters. The fourth-order valence-electron chi connectivity index (χ4n) is 10.1. The number of amides is 1. The van der Waals surface area contributed by atoms with Crippen molar-refractivity contribution < 1.29 is 33.6 Å². The van der Waals surface area contributed by atoms with Gasteiger partial charge in [-0.05, 0) is 37.5 Å². The van der Waals surface area contributed by atoms with Crippen LogP contribution in [-0.4, -0.2) is 88.3 Å². The van der Waals surface area contributed by atoms with Crippen molar-refractivity contribution in [3.05, 3.63) is 12.2 Å². The van der Waals surface area contributed by atoms with Crippen molar-refractivity contribution in [3.63, 3.8) is 0 Å². The molecule has 0 aromatic heterocycles. The molecule has 5 fully saturated rings. The smallest absolute Gasteiger partial charge is 0.409 e. The minimum atomic E-state index is -1.03. The summed E-state index contributed by atoms with van der Waals surface area (Å²) in [4.78, 5) is 15.2. The van der Waals surface area contributed by atoms with Gasteiger partial charge in [0.05, 0.1) is 31.5 Å². The molecule has 6 rings (SSSR count). The zero-order valence-corrected chi connectivity index (χ0v) is 20.1. The number of methoxy groups -OCH3 is 4. The van der Waals surface area contributed by atoms with Gasteiger partial charge in [-0.2, -0.15) is 0 Å². The van der Waals surface area contributed by atoms with Crippen LogP contribution in [0.2, 0.25) is 0 Å². The van der Waals surface area contributed by atoms with Crippen LogP contribution in [-0.2, 0) is 23.7 Å². The van der Waals surface area contributed by atoms with E-state index in [1.54, 1.807) is 14.2 Å². The van der Waals surface area contributed by atoms with E-state index in [-0.39, 0.29) is 65.6 Å². The van der Waals surface area contributed by atoms with E-state index in [2.05, 4.69) is 6.08 Å². The van der Waals surface area contributed by atoms with E-state index in [4.69, 9.17) is 23.7 Å². The van der Waals surface area contributed by atoms with Crippen molar-refractivity contribution in [1.29, 1.82) is 0 Å². The van der Waals surface area contributed by atoms with Gasteiger partial charge < -0.3 is 33.7 Å². The average molecular weight is 464 g/mol. The summed E-state index contributed by atoms with van der Waals surface area (Å²) in [7, 11) is 6.66. The molecule has 33 heavy (non-hydrogen) atoms. The Hall–Kier alpha value is -1.19. The van der Waals surface area contributed by atoms with Crippen LogP contribution in [0.25, 0.3) is 0 Å². The molecule has 5 aliphatic carbocycles. The van der Waals surface area contributed by atoms with Gasteiger partial charge in [-0.3, -0.25) is 0 Å². The Kier molecular flexibility index (Phi) is 5.00. The topological polar surface area (TPSA) is 86.7 Å². The van der Waals surface area contributed by atoms with Gasteiger partial charge in [0.15, 0.2) is 0 Å². The average Bonchev–Trinajstić information content (AvgIpc) is 3.25. The first-order valence-corrected chi connectivity index (χ1v) is 12.3. The van der Waals surface area contributed by atoms with Crippen molar-refractivity contribution in [2.45, 2.75) is 49.5 Å². The zero-order valence-electron chi connectivity index (χ0n) is 20.1. The molecule has 0 aromatic carbocycles. The summed E-state index contributed by atoms with van der Waals surface area (Å²) in [6, 6.07) is -0.124. The lowest BCUT2D eigenvalue weighted by Crippen LogP contribution is -2.76. The molecule has 1 saturated heterocycles. The Bertz CT molecular complexity index is 851. The molecule has 7 bridgehead atoms. The monoisotopic (exact) mass is 463 g/mol. The summed E-state index contributed by atoms with van der Waals surface area (Å²) in [5.41, 5.74) is -1.45. The SMILES string of the molecule is COCO[C@H]1[C@H]2C=C[C@]3(O)[C@H]4C[C@@H]5C6(COC)CCC(OC)C5(C(C2)[C@@H]13)C4N(C(=O)OC)C6. The highest BCUT2D eigenvalue weighted by Crippen LogP contribution is 2.78. The summed E-state index contributed by atoms with van der Waals surface area (Å²) in [6.07, 6.45) is 7.49. The molecule has 1 amide bonds. The molecule has 184 valence electrons. The summed E-state index contributed by atoms with van der Waals surface area (Å²) in [6.45, 7) is 1.43. The van der Waals surface area contributed by atoms with Gasteiger partial charge in [0.25, 0.3) is 0 Å². The van der Waals surface area contributed by atoms with Crippen molar-refractivity contribution >= 4 is 6.09 Å². The van der Waals surface area contributed by atoms with Crippen LogP contribution in [0.1, 0.15) is 25.7 Å². The second-order valence-corrected chi connectivity index (χ2v) is 11.3. The third kappa shape index (κ3) is 2.47. The van der Waals surface area contributed by atoms with E-state index in [0.717, 1.165) is 25.7 Å². The van der Waals surface area contributed by atoms with Crippen LogP contribution in [0.5, 0.6) is 0 Å². The minimum absolute atomic E-state index is 0.0203. The number of piperidine rings is 1. The van der Waals surface area contributed by atoms with Gasteiger partial charge in [0, 0.05) is 62.5 Å². The number of hydrogen-bond donors (Lipinski definition) is 1. The molecule has 8 nitrogen and oxygen atoms in total. The number of aliphatic hydroxyl groups is 1. The number of fused-ring (bicyclic) bond motifs is 2. The number of likely N-dealkylation sites (tertiary alicyclic amines) is 1. The molecule has 8 heteroatoms. The molecule has 1 spiro atoms. The maximum Gasteiger partial charge on any atom is 0.409 e. The van der Waals surface area contributed by atoms with Gasteiger partial charge in [-0.15, -0.1) is 0 Å². The van der Waals surface area contributed by atoms with Crippen LogP contribution in [0.15, 0.2) is 12.2 Å². The molecular formula is C25H37NO7. The number of ether oxygens (including phenoxy) is 5. The number of rotatable bonds is 6. The van der Waals surface area contributed by atoms with Crippen molar-refractivity contribution in [2.75, 3.05) is 48.4 Å². The van der Waals surface area contributed by atoms with Crippen LogP contribution >= 0.6 is 0 Å². The first kappa shape index (κ1) is 22.3. The summed E-state index contributed by atoms with van der Waals surface area (Å²) in [5.74, 6) is 0.581. The number of carbonyl (C=O) groups excluding carboxylic acids is 1. The van der Waals surface area contributed by atoms with Crippen molar-refractivity contribution in [3.8, 4) is 0 Å². The summed E-state index contributed by atoms with van der Waals surface area (Å²) >= 11 is 0. The normalized spacial score (nSPS) is 52.8. The van der Waals surface area contributed by atoms with Crippen LogP contribution < -0.4 is 0 Å². The number of carbonyl (C=O) groups is 1. The van der Waals surface area contributed by atoms with Gasteiger partial charge >= 0.3 is 6.09 Å². The summed E-state index contributed by atoms with van der Waals surface area (Å²) < 4.78 is 28.9. The van der Waals surface area contributed by atoms with E-state index in [1.165, 1.54) is 7.11 Å². The van der Waals surface area contributed by atoms with E-state index in [1.807, 2.05) is 18.1 Å². The van der Waals surface area contributed by atoms with E-state index in [0.29, 0.717) is 19.1 Å². The lowest BCUT2D eigenvalue weighted by atomic mass is 9.43. The largest absolute Gasteiger partial charge is 0.453 e. The van der Waals surface area contributed by atoms with Crippen LogP contribution in [0.4, 0.5) is 4.79 Å². The van der Waals surface area contributed by atoms with E-state index < -0.39 is 5.60 Å². The highest BCUT2D eigenvalue weighted by atomic mass is 16.7. The molecule has 6 aliphatic rings. The molecule has 0 radical (unpaired) electrons. The Balaban J connectivity index is 1.56. The third-order valence-corrected chi connectivity index (χ3v) is 10.6. The highest BCUT2D eigenvalue weighted by Gasteiger charge is 2.83. The predicted octanol–water partition coefficient (Wildman–Crippen LogP) is 2.06. The molecule has 4 saturated carbocycles. The predicted molar refractivity (Wildman–Crippen MR) is 117 cm³/mol. The van der Waals surface area contributed by atoms with Crippen LogP contribution in [0.3, 0.4) is 0 Å². The fourth-order valence-corrected chi connectivity index (χ4v) is 10.1. The molecule has 1 heterocycles. The first-order chi connectivity index (χ1) is 15.9. The Morgan fingerprint density at radius 1 is 1.15 bits per heavy atom. The molecule has 5 unspecified atom stereocenters. The van der Waals surface area contributed by atoms with E-state index in [9.17, 15) is 9.90 Å². The quantitative estimate of drug-likeness (QED) is 0.477.